The van der Waals surface area contributed by atoms with Crippen molar-refractivity contribution in [3.63, 3.8) is 0 Å². The third-order valence-corrected chi connectivity index (χ3v) is 0.945. The summed E-state index contributed by atoms with van der Waals surface area (Å²) in [5, 5.41) is 1.49. The number of hydrogen-bond acceptors (Lipinski definition) is 1. The zero-order valence-electron chi connectivity index (χ0n) is 4.13. The van der Waals surface area contributed by atoms with Gasteiger partial charge in [0.25, 0.3) is 0 Å². The molecule has 8 heavy (non-hydrogen) atoms. The van der Waals surface area contributed by atoms with E-state index in [4.69, 9.17) is 0 Å². The second kappa shape index (κ2) is 1.62. The first-order valence-corrected chi connectivity index (χ1v) is 2.42. The minimum atomic E-state index is -4.17. The molecule has 0 atom stereocenters. The number of halogens is 3. The average Bonchev–Trinajstić information content (AvgIpc) is 2.12. The van der Waals surface area contributed by atoms with Crippen molar-refractivity contribution in [1.82, 2.24) is 5.32 Å². The van der Waals surface area contributed by atoms with Crippen molar-refractivity contribution in [2.45, 2.75) is 25.2 Å². The highest BCUT2D eigenvalue weighted by molar-refractivity contribution is 4.81. The number of rotatable bonds is 1. The molecule has 1 rings (SSSR count). The molecule has 1 aliphatic carbocycles. The molecule has 0 spiro atoms. The molecule has 0 aromatic rings. The Hall–Kier alpha value is -0.250. The van der Waals surface area contributed by atoms with Crippen LogP contribution in [0.25, 0.3) is 0 Å². The summed E-state index contributed by atoms with van der Waals surface area (Å²) in [6.45, 7) is 0. The fourth-order valence-electron chi connectivity index (χ4n) is 0.459. The van der Waals surface area contributed by atoms with Crippen molar-refractivity contribution in [1.29, 1.82) is 0 Å². The maximum absolute atomic E-state index is 11.2. The van der Waals surface area contributed by atoms with Gasteiger partial charge in [0, 0.05) is 6.04 Å². The molecule has 0 unspecified atom stereocenters. The molecule has 0 heterocycles. The SMILES string of the molecule is FC(F)(F)NC1CC1. The van der Waals surface area contributed by atoms with E-state index in [1.54, 1.807) is 0 Å². The van der Waals surface area contributed by atoms with Gasteiger partial charge in [0.05, 0.1) is 0 Å². The fourth-order valence-corrected chi connectivity index (χ4v) is 0.459. The molecule has 1 aliphatic rings. The van der Waals surface area contributed by atoms with Gasteiger partial charge >= 0.3 is 6.30 Å². The molecule has 1 N–H and O–H groups in total. The highest BCUT2D eigenvalue weighted by Crippen LogP contribution is 2.24. The fraction of sp³-hybridized carbons (Fsp3) is 1.00. The molecule has 0 aliphatic heterocycles. The average molecular weight is 125 g/mol. The maximum atomic E-state index is 11.2. The van der Waals surface area contributed by atoms with Gasteiger partial charge in [-0.3, -0.25) is 0 Å². The lowest BCUT2D eigenvalue weighted by atomic mass is 10.7. The van der Waals surface area contributed by atoms with E-state index < -0.39 is 6.30 Å². The summed E-state index contributed by atoms with van der Waals surface area (Å²) in [4.78, 5) is 0. The molecule has 0 radical (unpaired) electrons. The minimum Gasteiger partial charge on any atom is -0.225 e. The highest BCUT2D eigenvalue weighted by atomic mass is 19.4. The molecular formula is C4H6F3N. The van der Waals surface area contributed by atoms with Crippen molar-refractivity contribution >= 4 is 0 Å². The van der Waals surface area contributed by atoms with Gasteiger partial charge in [0.2, 0.25) is 0 Å². The van der Waals surface area contributed by atoms with Crippen LogP contribution in [0.15, 0.2) is 0 Å². The molecule has 1 fully saturated rings. The third kappa shape index (κ3) is 2.16. The zero-order valence-corrected chi connectivity index (χ0v) is 4.13. The summed E-state index contributed by atoms with van der Waals surface area (Å²) in [5.41, 5.74) is 0. The van der Waals surface area contributed by atoms with Crippen LogP contribution in [-0.2, 0) is 0 Å². The van der Waals surface area contributed by atoms with E-state index >= 15 is 0 Å². The molecular weight excluding hydrogens is 119 g/mol. The number of alkyl halides is 3. The van der Waals surface area contributed by atoms with Gasteiger partial charge in [0.1, 0.15) is 0 Å². The summed E-state index contributed by atoms with van der Waals surface area (Å²) in [5.74, 6) is 0. The van der Waals surface area contributed by atoms with E-state index in [2.05, 4.69) is 0 Å². The summed E-state index contributed by atoms with van der Waals surface area (Å²) in [6, 6.07) is -0.282. The summed E-state index contributed by atoms with van der Waals surface area (Å²) < 4.78 is 33.7. The Morgan fingerprint density at radius 3 is 1.88 bits per heavy atom. The lowest BCUT2D eigenvalue weighted by Crippen LogP contribution is -2.33. The highest BCUT2D eigenvalue weighted by Gasteiger charge is 2.35. The third-order valence-electron chi connectivity index (χ3n) is 0.945. The molecule has 0 aromatic carbocycles. The van der Waals surface area contributed by atoms with Crippen molar-refractivity contribution in [2.24, 2.45) is 0 Å². The first-order chi connectivity index (χ1) is 3.58. The Kier molecular flexibility index (Phi) is 1.19. The molecule has 0 saturated heterocycles. The van der Waals surface area contributed by atoms with E-state index in [1.807, 2.05) is 0 Å². The maximum Gasteiger partial charge on any atom is 0.457 e. The minimum absolute atomic E-state index is 0.282. The van der Waals surface area contributed by atoms with Crippen LogP contribution in [-0.4, -0.2) is 12.3 Å². The van der Waals surface area contributed by atoms with Crippen LogP contribution in [0.1, 0.15) is 12.8 Å². The Labute approximate surface area is 44.9 Å². The second-order valence-corrected chi connectivity index (χ2v) is 1.92. The molecule has 0 bridgehead atoms. The van der Waals surface area contributed by atoms with Crippen LogP contribution in [0.3, 0.4) is 0 Å². The van der Waals surface area contributed by atoms with E-state index in [0.29, 0.717) is 12.8 Å². The molecule has 0 aromatic heterocycles. The monoisotopic (exact) mass is 125 g/mol. The van der Waals surface area contributed by atoms with Crippen molar-refractivity contribution in [3.8, 4) is 0 Å². The van der Waals surface area contributed by atoms with Crippen molar-refractivity contribution in [3.05, 3.63) is 0 Å². The zero-order chi connectivity index (χ0) is 6.20. The van der Waals surface area contributed by atoms with Crippen LogP contribution in [0.5, 0.6) is 0 Å². The van der Waals surface area contributed by atoms with Crippen LogP contribution in [0.4, 0.5) is 13.2 Å². The molecule has 1 nitrogen and oxygen atoms in total. The van der Waals surface area contributed by atoms with E-state index in [9.17, 15) is 13.2 Å². The van der Waals surface area contributed by atoms with Gasteiger partial charge in [0.15, 0.2) is 0 Å². The van der Waals surface area contributed by atoms with Crippen LogP contribution in [0.2, 0.25) is 0 Å². The van der Waals surface area contributed by atoms with Gasteiger partial charge in [-0.05, 0) is 12.8 Å². The second-order valence-electron chi connectivity index (χ2n) is 1.92. The van der Waals surface area contributed by atoms with Crippen LogP contribution >= 0.6 is 0 Å². The first kappa shape index (κ1) is 5.88. The smallest absolute Gasteiger partial charge is 0.225 e. The van der Waals surface area contributed by atoms with Gasteiger partial charge < -0.3 is 0 Å². The Bertz CT molecular complexity index is 83.8. The Morgan fingerprint density at radius 1 is 1.25 bits per heavy atom. The van der Waals surface area contributed by atoms with Gasteiger partial charge in [-0.2, -0.15) is 13.2 Å². The standard InChI is InChI=1S/C4H6F3N/c5-4(6,7)8-3-1-2-3/h3,8H,1-2H2. The van der Waals surface area contributed by atoms with Gasteiger partial charge in [-0.25, -0.2) is 5.32 Å². The van der Waals surface area contributed by atoms with Crippen LogP contribution < -0.4 is 5.32 Å². The number of nitrogens with one attached hydrogen (secondary N) is 1. The van der Waals surface area contributed by atoms with Gasteiger partial charge in [-0.1, -0.05) is 0 Å². The van der Waals surface area contributed by atoms with E-state index in [0.717, 1.165) is 0 Å². The Morgan fingerprint density at radius 2 is 1.75 bits per heavy atom. The predicted octanol–water partition coefficient (Wildman–Crippen LogP) is 1.26. The van der Waals surface area contributed by atoms with Crippen LogP contribution in [0, 0.1) is 0 Å². The lowest BCUT2D eigenvalue weighted by Gasteiger charge is -2.04. The normalized spacial score (nSPS) is 21.4. The lowest BCUT2D eigenvalue weighted by molar-refractivity contribution is -0.158. The first-order valence-electron chi connectivity index (χ1n) is 2.42. The van der Waals surface area contributed by atoms with Gasteiger partial charge in [-0.15, -0.1) is 0 Å². The number of hydrogen-bond donors (Lipinski definition) is 1. The summed E-state index contributed by atoms with van der Waals surface area (Å²) in [6.07, 6.45) is -2.83. The Balaban J connectivity index is 2.16. The largest absolute Gasteiger partial charge is 0.457 e. The summed E-state index contributed by atoms with van der Waals surface area (Å²) in [7, 11) is 0. The topological polar surface area (TPSA) is 12.0 Å². The van der Waals surface area contributed by atoms with Crippen molar-refractivity contribution < 1.29 is 13.2 Å². The van der Waals surface area contributed by atoms with E-state index in [-0.39, 0.29) is 6.04 Å². The predicted molar refractivity (Wildman–Crippen MR) is 22.2 cm³/mol. The molecule has 48 valence electrons. The van der Waals surface area contributed by atoms with E-state index in [1.165, 1.54) is 5.32 Å². The van der Waals surface area contributed by atoms with Crippen molar-refractivity contribution in [2.75, 3.05) is 0 Å². The quantitative estimate of drug-likeness (QED) is 0.520. The molecule has 1 saturated carbocycles. The molecule has 4 heteroatoms. The molecule has 0 amide bonds. The summed E-state index contributed by atoms with van der Waals surface area (Å²) >= 11 is 0.